The molecule has 1 aliphatic heterocycles. The van der Waals surface area contributed by atoms with E-state index < -0.39 is 10.5 Å². The quantitative estimate of drug-likeness (QED) is 0.639. The minimum Gasteiger partial charge on any atom is -0.394 e. The van der Waals surface area contributed by atoms with Gasteiger partial charge in [0, 0.05) is 18.8 Å². The summed E-state index contributed by atoms with van der Waals surface area (Å²) < 4.78 is 0. The van der Waals surface area contributed by atoms with Crippen LogP contribution in [-0.4, -0.2) is 35.1 Å². The van der Waals surface area contributed by atoms with E-state index in [4.69, 9.17) is 0 Å². The molecule has 1 heterocycles. The predicted molar refractivity (Wildman–Crippen MR) is 75.0 cm³/mol. The zero-order valence-corrected chi connectivity index (χ0v) is 11.6. The van der Waals surface area contributed by atoms with Gasteiger partial charge in [0.25, 0.3) is 5.69 Å². The number of nitro benzene ring substituents is 1. The number of nitrogens with zero attached hydrogens (tertiary/aromatic N) is 2. The highest BCUT2D eigenvalue weighted by Gasteiger charge is 2.31. The largest absolute Gasteiger partial charge is 0.394 e. The van der Waals surface area contributed by atoms with E-state index in [0.717, 1.165) is 0 Å². The maximum Gasteiger partial charge on any atom is 0.292 e. The summed E-state index contributed by atoms with van der Waals surface area (Å²) in [5.74, 6) is -0.171. The van der Waals surface area contributed by atoms with E-state index in [-0.39, 0.29) is 24.6 Å². The third-order valence-electron chi connectivity index (χ3n) is 3.68. The number of nitro groups is 1. The van der Waals surface area contributed by atoms with Crippen LogP contribution in [0.25, 0.3) is 0 Å². The molecule has 0 saturated heterocycles. The first-order valence-corrected chi connectivity index (χ1v) is 6.22. The van der Waals surface area contributed by atoms with E-state index in [0.29, 0.717) is 16.9 Å². The predicted octanol–water partition coefficient (Wildman–Crippen LogP) is 1.30. The van der Waals surface area contributed by atoms with Crippen molar-refractivity contribution in [2.75, 3.05) is 23.9 Å². The summed E-state index contributed by atoms with van der Waals surface area (Å²) >= 11 is 0. The molecular formula is C13H17N3O4. The highest BCUT2D eigenvalue weighted by atomic mass is 16.6. The second-order valence-corrected chi connectivity index (χ2v) is 5.51. The van der Waals surface area contributed by atoms with Gasteiger partial charge in [-0.3, -0.25) is 14.9 Å². The lowest BCUT2D eigenvalue weighted by Crippen LogP contribution is -2.44. The molecule has 0 saturated carbocycles. The molecule has 0 spiro atoms. The van der Waals surface area contributed by atoms with Gasteiger partial charge < -0.3 is 15.3 Å². The lowest BCUT2D eigenvalue weighted by atomic mass is 10.0. The fraction of sp³-hybridized carbons (Fsp3) is 0.462. The number of anilines is 2. The number of benzene rings is 1. The third kappa shape index (κ3) is 2.32. The Kier molecular flexibility index (Phi) is 3.39. The number of hydrogen-bond acceptors (Lipinski definition) is 5. The minimum absolute atomic E-state index is 0.0655. The van der Waals surface area contributed by atoms with Crippen LogP contribution in [0.5, 0.6) is 0 Å². The first-order valence-electron chi connectivity index (χ1n) is 6.22. The second-order valence-electron chi connectivity index (χ2n) is 5.51. The number of fused-ring (bicyclic) bond motifs is 1. The van der Waals surface area contributed by atoms with Crippen LogP contribution in [0.3, 0.4) is 0 Å². The lowest BCUT2D eigenvalue weighted by Gasteiger charge is -2.35. The van der Waals surface area contributed by atoms with E-state index >= 15 is 0 Å². The number of rotatable bonds is 4. The molecule has 0 unspecified atom stereocenters. The van der Waals surface area contributed by atoms with E-state index in [1.807, 2.05) is 0 Å². The van der Waals surface area contributed by atoms with Crippen LogP contribution in [0.15, 0.2) is 12.1 Å². The molecule has 1 amide bonds. The second kappa shape index (κ2) is 4.75. The fourth-order valence-electron chi connectivity index (χ4n) is 2.10. The van der Waals surface area contributed by atoms with Gasteiger partial charge in [-0.1, -0.05) is 0 Å². The number of carbonyl (C=O) groups excluding carboxylic acids is 1. The molecule has 108 valence electrons. The van der Waals surface area contributed by atoms with E-state index in [9.17, 15) is 20.0 Å². The Morgan fingerprint density at radius 2 is 2.15 bits per heavy atom. The van der Waals surface area contributed by atoms with Gasteiger partial charge in [-0.25, -0.2) is 0 Å². The maximum absolute atomic E-state index is 11.4. The van der Waals surface area contributed by atoms with Crippen LogP contribution in [0.1, 0.15) is 19.4 Å². The monoisotopic (exact) mass is 279 g/mol. The van der Waals surface area contributed by atoms with Gasteiger partial charge in [-0.15, -0.1) is 0 Å². The summed E-state index contributed by atoms with van der Waals surface area (Å²) in [6, 6.07) is 3.02. The molecule has 7 heteroatoms. The molecule has 0 aromatic heterocycles. The first-order chi connectivity index (χ1) is 9.26. The van der Waals surface area contributed by atoms with Crippen LogP contribution >= 0.6 is 0 Å². The Balaban J connectivity index is 2.55. The standard InChI is InChI=1S/C13H17N3O4/c1-13(2,7-17)15(3)10-6-9-8(5-12(18)14-9)4-11(10)16(19)20/h4,6,17H,5,7H2,1-3H3,(H,14,18). The molecule has 1 aromatic rings. The highest BCUT2D eigenvalue weighted by Crippen LogP contribution is 2.38. The molecule has 20 heavy (non-hydrogen) atoms. The maximum atomic E-state index is 11.4. The average Bonchev–Trinajstić information content (AvgIpc) is 2.75. The molecular weight excluding hydrogens is 262 g/mol. The van der Waals surface area contributed by atoms with Gasteiger partial charge in [-0.2, -0.15) is 0 Å². The van der Waals surface area contributed by atoms with Crippen LogP contribution in [0, 0.1) is 10.1 Å². The van der Waals surface area contributed by atoms with Gasteiger partial charge in [0.1, 0.15) is 5.69 Å². The number of hydrogen-bond donors (Lipinski definition) is 2. The van der Waals surface area contributed by atoms with Crippen LogP contribution in [0.2, 0.25) is 0 Å². The summed E-state index contributed by atoms with van der Waals surface area (Å²) in [5, 5.41) is 23.3. The molecule has 0 radical (unpaired) electrons. The van der Waals surface area contributed by atoms with Gasteiger partial charge in [0.05, 0.1) is 23.5 Å². The average molecular weight is 279 g/mol. The topological polar surface area (TPSA) is 95.7 Å². The molecule has 0 bridgehead atoms. The number of likely N-dealkylation sites (N-methyl/N-ethyl adjacent to an activating group) is 1. The van der Waals surface area contributed by atoms with Crippen molar-refractivity contribution < 1.29 is 14.8 Å². The molecule has 2 rings (SSSR count). The highest BCUT2D eigenvalue weighted by molar-refractivity contribution is 6.00. The first kappa shape index (κ1) is 14.3. The molecule has 0 fully saturated rings. The van der Waals surface area contributed by atoms with Gasteiger partial charge in [-0.05, 0) is 25.5 Å². The molecule has 1 aromatic carbocycles. The van der Waals surface area contributed by atoms with Crippen LogP contribution in [0.4, 0.5) is 17.1 Å². The Morgan fingerprint density at radius 3 is 2.70 bits per heavy atom. The van der Waals surface area contributed by atoms with Gasteiger partial charge >= 0.3 is 0 Å². The summed E-state index contributed by atoms with van der Waals surface area (Å²) in [4.78, 5) is 23.8. The zero-order chi connectivity index (χ0) is 15.1. The SMILES string of the molecule is CN(c1cc2c(cc1[N+](=O)[O-])CC(=O)N2)C(C)(C)CO. The number of nitrogens with one attached hydrogen (secondary N) is 1. The lowest BCUT2D eigenvalue weighted by molar-refractivity contribution is -0.384. The van der Waals surface area contributed by atoms with Crippen molar-refractivity contribution >= 4 is 23.0 Å². The van der Waals surface area contributed by atoms with Crippen molar-refractivity contribution in [2.45, 2.75) is 25.8 Å². The Morgan fingerprint density at radius 1 is 1.50 bits per heavy atom. The molecule has 2 N–H and O–H groups in total. The Bertz CT molecular complexity index is 583. The molecule has 1 aliphatic rings. The van der Waals surface area contributed by atoms with Crippen LogP contribution < -0.4 is 10.2 Å². The number of amides is 1. The number of carbonyl (C=O) groups is 1. The summed E-state index contributed by atoms with van der Waals surface area (Å²) in [5.41, 5.74) is 0.873. The van der Waals surface area contributed by atoms with Crippen molar-refractivity contribution in [3.05, 3.63) is 27.8 Å². The molecule has 7 nitrogen and oxygen atoms in total. The minimum atomic E-state index is -0.651. The van der Waals surface area contributed by atoms with Crippen molar-refractivity contribution in [1.29, 1.82) is 0 Å². The molecule has 0 aliphatic carbocycles. The third-order valence-corrected chi connectivity index (χ3v) is 3.68. The normalized spacial score (nSPS) is 13.9. The number of aliphatic hydroxyl groups excluding tert-OH is 1. The fourth-order valence-corrected chi connectivity index (χ4v) is 2.10. The zero-order valence-electron chi connectivity index (χ0n) is 11.6. The van der Waals surface area contributed by atoms with E-state index in [2.05, 4.69) is 5.32 Å². The van der Waals surface area contributed by atoms with Crippen molar-refractivity contribution in [3.63, 3.8) is 0 Å². The van der Waals surface area contributed by atoms with Crippen molar-refractivity contribution in [2.24, 2.45) is 0 Å². The van der Waals surface area contributed by atoms with Crippen molar-refractivity contribution in [3.8, 4) is 0 Å². The van der Waals surface area contributed by atoms with Crippen molar-refractivity contribution in [1.82, 2.24) is 0 Å². The van der Waals surface area contributed by atoms with Gasteiger partial charge in [0.2, 0.25) is 5.91 Å². The summed E-state index contributed by atoms with van der Waals surface area (Å²) in [6.07, 6.45) is 0.156. The summed E-state index contributed by atoms with van der Waals surface area (Å²) in [6.45, 7) is 3.41. The van der Waals surface area contributed by atoms with E-state index in [1.54, 1.807) is 31.9 Å². The summed E-state index contributed by atoms with van der Waals surface area (Å²) in [7, 11) is 1.68. The van der Waals surface area contributed by atoms with Gasteiger partial charge in [0.15, 0.2) is 0 Å². The van der Waals surface area contributed by atoms with Crippen LogP contribution in [-0.2, 0) is 11.2 Å². The Labute approximate surface area is 116 Å². The smallest absolute Gasteiger partial charge is 0.292 e. The Hall–Kier alpha value is -2.15. The number of aliphatic hydroxyl groups is 1. The molecule has 0 atom stereocenters. The van der Waals surface area contributed by atoms with E-state index in [1.165, 1.54) is 6.07 Å².